The third-order valence-electron chi connectivity index (χ3n) is 4.57. The molecule has 1 atom stereocenters. The van der Waals surface area contributed by atoms with Crippen LogP contribution in [0.25, 0.3) is 0 Å². The van der Waals surface area contributed by atoms with E-state index in [0.717, 1.165) is 22.2 Å². The van der Waals surface area contributed by atoms with Crippen LogP contribution in [-0.4, -0.2) is 45.5 Å². The Hall–Kier alpha value is -3.07. The smallest absolute Gasteiger partial charge is 0.275 e. The summed E-state index contributed by atoms with van der Waals surface area (Å²) < 4.78 is 39.7. The highest BCUT2D eigenvalue weighted by atomic mass is 19.2. The third kappa shape index (κ3) is 6.48. The molecule has 3 N–H and O–H groups in total. The van der Waals surface area contributed by atoms with Gasteiger partial charge in [-0.3, -0.25) is 9.59 Å². The minimum Gasteiger partial charge on any atom is -0.378 e. The molecule has 0 heterocycles. The van der Waals surface area contributed by atoms with Crippen LogP contribution in [-0.2, 0) is 16.1 Å². The van der Waals surface area contributed by atoms with E-state index in [4.69, 9.17) is 0 Å². The van der Waals surface area contributed by atoms with Crippen LogP contribution in [0.3, 0.4) is 0 Å². The largest absolute Gasteiger partial charge is 0.378 e. The minimum atomic E-state index is -1.67. The van der Waals surface area contributed by atoms with E-state index in [1.54, 1.807) is 0 Å². The van der Waals surface area contributed by atoms with E-state index in [2.05, 4.69) is 10.6 Å². The van der Waals surface area contributed by atoms with Gasteiger partial charge in [0.2, 0.25) is 5.91 Å². The van der Waals surface area contributed by atoms with Crippen LogP contribution in [0.2, 0.25) is 0 Å². The molecule has 0 saturated carbocycles. The number of benzene rings is 2. The Balaban J connectivity index is 1.83. The van der Waals surface area contributed by atoms with Crippen LogP contribution in [0.1, 0.15) is 12.5 Å². The molecular formula is C21H26F3N4O2+. The number of nitrogens with zero attached hydrogens (tertiary/aromatic N) is 1. The SMILES string of the molecule is CC[NH+](CC(=O)NCC(=O)Nc1ccc(F)c(F)c1F)Cc1ccc(N(C)C)cc1. The summed E-state index contributed by atoms with van der Waals surface area (Å²) >= 11 is 0. The Morgan fingerprint density at radius 3 is 2.23 bits per heavy atom. The first-order chi connectivity index (χ1) is 14.2. The number of carbonyl (C=O) groups excluding carboxylic acids is 2. The summed E-state index contributed by atoms with van der Waals surface area (Å²) in [6.07, 6.45) is 0. The fourth-order valence-corrected chi connectivity index (χ4v) is 2.80. The molecule has 0 fully saturated rings. The molecule has 1 unspecified atom stereocenters. The molecule has 2 rings (SSSR count). The lowest BCUT2D eigenvalue weighted by molar-refractivity contribution is -0.904. The first-order valence-corrected chi connectivity index (χ1v) is 9.51. The fraction of sp³-hybridized carbons (Fsp3) is 0.333. The Labute approximate surface area is 173 Å². The van der Waals surface area contributed by atoms with Gasteiger partial charge in [-0.2, -0.15) is 0 Å². The van der Waals surface area contributed by atoms with Gasteiger partial charge in [0.25, 0.3) is 5.91 Å². The highest BCUT2D eigenvalue weighted by Gasteiger charge is 2.17. The number of rotatable bonds is 9. The van der Waals surface area contributed by atoms with Gasteiger partial charge in [-0.15, -0.1) is 0 Å². The van der Waals surface area contributed by atoms with E-state index in [9.17, 15) is 22.8 Å². The third-order valence-corrected chi connectivity index (χ3v) is 4.57. The average molecular weight is 423 g/mol. The van der Waals surface area contributed by atoms with Crippen LogP contribution < -0.4 is 20.4 Å². The summed E-state index contributed by atoms with van der Waals surface area (Å²) in [6, 6.07) is 9.65. The Bertz CT molecular complexity index is 889. The van der Waals surface area contributed by atoms with Crippen molar-refractivity contribution in [3.8, 4) is 0 Å². The molecule has 0 saturated heterocycles. The van der Waals surface area contributed by atoms with Crippen molar-refractivity contribution >= 4 is 23.2 Å². The zero-order valence-electron chi connectivity index (χ0n) is 17.2. The van der Waals surface area contributed by atoms with Crippen molar-refractivity contribution in [1.29, 1.82) is 0 Å². The number of hydrogen-bond acceptors (Lipinski definition) is 3. The van der Waals surface area contributed by atoms with Crippen molar-refractivity contribution in [3.05, 3.63) is 59.4 Å². The van der Waals surface area contributed by atoms with E-state index < -0.39 is 35.6 Å². The molecular weight excluding hydrogens is 397 g/mol. The summed E-state index contributed by atoms with van der Waals surface area (Å²) in [4.78, 5) is 27.0. The maximum absolute atomic E-state index is 13.6. The van der Waals surface area contributed by atoms with Crippen LogP contribution in [0, 0.1) is 17.5 Å². The van der Waals surface area contributed by atoms with Crippen LogP contribution >= 0.6 is 0 Å². The molecule has 2 amide bonds. The number of likely N-dealkylation sites (N-methyl/N-ethyl adjacent to an activating group) is 1. The van der Waals surface area contributed by atoms with Gasteiger partial charge in [-0.1, -0.05) is 12.1 Å². The second kappa shape index (κ2) is 10.6. The lowest BCUT2D eigenvalue weighted by Gasteiger charge is -2.18. The van der Waals surface area contributed by atoms with E-state index in [1.165, 1.54) is 0 Å². The molecule has 0 spiro atoms. The first-order valence-electron chi connectivity index (χ1n) is 9.51. The topological polar surface area (TPSA) is 65.9 Å². The number of carbonyl (C=O) groups is 2. The van der Waals surface area contributed by atoms with E-state index in [1.807, 2.05) is 50.2 Å². The molecule has 0 bridgehead atoms. The number of quaternary nitrogens is 1. The molecule has 30 heavy (non-hydrogen) atoms. The van der Waals surface area contributed by atoms with Gasteiger partial charge in [-0.05, 0) is 31.2 Å². The summed E-state index contributed by atoms with van der Waals surface area (Å²) in [5, 5.41) is 4.56. The first kappa shape index (κ1) is 23.2. The molecule has 9 heteroatoms. The molecule has 2 aromatic rings. The summed E-state index contributed by atoms with van der Waals surface area (Å²) in [6.45, 7) is 3.04. The predicted molar refractivity (Wildman–Crippen MR) is 109 cm³/mol. The normalized spacial score (nSPS) is 11.7. The molecule has 162 valence electrons. The van der Waals surface area contributed by atoms with Crippen LogP contribution in [0.15, 0.2) is 36.4 Å². The van der Waals surface area contributed by atoms with Crippen molar-refractivity contribution in [2.45, 2.75) is 13.5 Å². The Kier molecular flexibility index (Phi) is 8.23. The van der Waals surface area contributed by atoms with Gasteiger partial charge >= 0.3 is 0 Å². The molecule has 0 aromatic heterocycles. The highest BCUT2D eigenvalue weighted by Crippen LogP contribution is 2.19. The van der Waals surface area contributed by atoms with Crippen LogP contribution in [0.4, 0.5) is 24.5 Å². The molecule has 6 nitrogen and oxygen atoms in total. The van der Waals surface area contributed by atoms with Crippen molar-refractivity contribution in [2.75, 3.05) is 43.9 Å². The number of amides is 2. The molecule has 2 aromatic carbocycles. The lowest BCUT2D eigenvalue weighted by Crippen LogP contribution is -3.11. The van der Waals surface area contributed by atoms with Crippen molar-refractivity contribution < 1.29 is 27.7 Å². The average Bonchev–Trinajstić information content (AvgIpc) is 2.72. The quantitative estimate of drug-likeness (QED) is 0.534. The van der Waals surface area contributed by atoms with E-state index in [-0.39, 0.29) is 12.5 Å². The summed E-state index contributed by atoms with van der Waals surface area (Å²) in [7, 11) is 3.92. The summed E-state index contributed by atoms with van der Waals surface area (Å²) in [5.41, 5.74) is 1.67. The monoisotopic (exact) mass is 423 g/mol. The number of nitrogens with one attached hydrogen (secondary N) is 3. The zero-order valence-corrected chi connectivity index (χ0v) is 17.2. The molecule has 0 aliphatic rings. The zero-order chi connectivity index (χ0) is 22.3. The van der Waals surface area contributed by atoms with Crippen molar-refractivity contribution in [1.82, 2.24) is 5.32 Å². The van der Waals surface area contributed by atoms with Gasteiger partial charge in [0.05, 0.1) is 18.8 Å². The summed E-state index contributed by atoms with van der Waals surface area (Å²) in [5.74, 6) is -5.60. The molecule has 0 aliphatic carbocycles. The maximum atomic E-state index is 13.6. The second-order valence-electron chi connectivity index (χ2n) is 7.07. The van der Waals surface area contributed by atoms with Gasteiger partial charge in [0.15, 0.2) is 24.0 Å². The maximum Gasteiger partial charge on any atom is 0.275 e. The Morgan fingerprint density at radius 2 is 1.63 bits per heavy atom. The van der Waals surface area contributed by atoms with Gasteiger partial charge in [0, 0.05) is 25.3 Å². The van der Waals surface area contributed by atoms with Crippen LogP contribution in [0.5, 0.6) is 0 Å². The van der Waals surface area contributed by atoms with E-state index in [0.29, 0.717) is 19.2 Å². The number of anilines is 2. The predicted octanol–water partition coefficient (Wildman–Crippen LogP) is 1.33. The van der Waals surface area contributed by atoms with E-state index >= 15 is 0 Å². The fourth-order valence-electron chi connectivity index (χ4n) is 2.80. The van der Waals surface area contributed by atoms with Crippen molar-refractivity contribution in [3.63, 3.8) is 0 Å². The molecule has 0 radical (unpaired) electrons. The highest BCUT2D eigenvalue weighted by molar-refractivity contribution is 5.94. The van der Waals surface area contributed by atoms with Gasteiger partial charge < -0.3 is 20.4 Å². The minimum absolute atomic E-state index is 0.152. The van der Waals surface area contributed by atoms with Gasteiger partial charge in [0.1, 0.15) is 6.54 Å². The number of hydrogen-bond donors (Lipinski definition) is 3. The Morgan fingerprint density at radius 1 is 0.967 bits per heavy atom. The van der Waals surface area contributed by atoms with Crippen molar-refractivity contribution in [2.24, 2.45) is 0 Å². The number of halogens is 3. The molecule has 0 aliphatic heterocycles. The van der Waals surface area contributed by atoms with Gasteiger partial charge in [-0.25, -0.2) is 13.2 Å². The lowest BCUT2D eigenvalue weighted by atomic mass is 10.2. The second-order valence-corrected chi connectivity index (χ2v) is 7.07. The standard InChI is InChI=1S/C21H25F3N4O2/c1-4-28(12-14-5-7-15(8-6-14)27(2)3)13-19(30)25-11-18(29)26-17-10-9-16(22)20(23)21(17)24/h5-10H,4,11-13H2,1-3H3,(H,25,30)(H,26,29)/p+1.